The monoisotopic (exact) mass is 263 g/mol. The van der Waals surface area contributed by atoms with Crippen LogP contribution in [0.4, 0.5) is 10.1 Å². The summed E-state index contributed by atoms with van der Waals surface area (Å²) in [4.78, 5) is 0.877. The molecule has 2 aromatic rings. The SMILES string of the molecule is Nc1cc(F)ccc1SCc1ccc(CO)cc1. The third-order valence-corrected chi connectivity index (χ3v) is 3.73. The smallest absolute Gasteiger partial charge is 0.125 e. The van der Waals surface area contributed by atoms with Gasteiger partial charge in [-0.25, -0.2) is 4.39 Å². The van der Waals surface area contributed by atoms with Gasteiger partial charge in [-0.1, -0.05) is 24.3 Å². The second-order valence-electron chi connectivity index (χ2n) is 3.95. The highest BCUT2D eigenvalue weighted by Crippen LogP contribution is 2.28. The molecule has 94 valence electrons. The number of anilines is 1. The molecule has 18 heavy (non-hydrogen) atoms. The van der Waals surface area contributed by atoms with Gasteiger partial charge in [0.25, 0.3) is 0 Å². The maximum absolute atomic E-state index is 12.9. The van der Waals surface area contributed by atoms with Crippen LogP contribution in [0, 0.1) is 5.82 Å². The van der Waals surface area contributed by atoms with Gasteiger partial charge >= 0.3 is 0 Å². The topological polar surface area (TPSA) is 46.2 Å². The average molecular weight is 263 g/mol. The van der Waals surface area contributed by atoms with E-state index in [1.54, 1.807) is 17.8 Å². The number of benzene rings is 2. The van der Waals surface area contributed by atoms with E-state index in [1.807, 2.05) is 24.3 Å². The van der Waals surface area contributed by atoms with Crippen molar-refractivity contribution in [2.45, 2.75) is 17.3 Å². The third-order valence-electron chi connectivity index (χ3n) is 2.57. The fraction of sp³-hybridized carbons (Fsp3) is 0.143. The van der Waals surface area contributed by atoms with Gasteiger partial charge in [0.05, 0.1) is 6.61 Å². The number of rotatable bonds is 4. The van der Waals surface area contributed by atoms with Crippen molar-refractivity contribution in [2.75, 3.05) is 5.73 Å². The summed E-state index contributed by atoms with van der Waals surface area (Å²) in [6.45, 7) is 0.0539. The van der Waals surface area contributed by atoms with E-state index in [0.717, 1.165) is 21.8 Å². The molecule has 0 heterocycles. The van der Waals surface area contributed by atoms with Gasteiger partial charge in [0.15, 0.2) is 0 Å². The van der Waals surface area contributed by atoms with Crippen molar-refractivity contribution in [1.29, 1.82) is 0 Å². The van der Waals surface area contributed by atoms with Crippen molar-refractivity contribution < 1.29 is 9.50 Å². The first-order valence-electron chi connectivity index (χ1n) is 5.55. The van der Waals surface area contributed by atoms with E-state index in [0.29, 0.717) is 5.69 Å². The van der Waals surface area contributed by atoms with Crippen LogP contribution >= 0.6 is 11.8 Å². The molecule has 0 saturated heterocycles. The number of nitrogen functional groups attached to an aromatic ring is 1. The molecule has 0 bridgehead atoms. The number of aliphatic hydroxyl groups is 1. The van der Waals surface area contributed by atoms with E-state index in [-0.39, 0.29) is 12.4 Å². The first-order chi connectivity index (χ1) is 8.69. The highest BCUT2D eigenvalue weighted by atomic mass is 32.2. The maximum Gasteiger partial charge on any atom is 0.125 e. The summed E-state index contributed by atoms with van der Waals surface area (Å²) in [6, 6.07) is 12.2. The molecule has 0 aliphatic heterocycles. The number of thioether (sulfide) groups is 1. The lowest BCUT2D eigenvalue weighted by molar-refractivity contribution is 0.282. The van der Waals surface area contributed by atoms with Gasteiger partial charge in [0, 0.05) is 16.3 Å². The van der Waals surface area contributed by atoms with Crippen LogP contribution < -0.4 is 5.73 Å². The molecule has 3 N–H and O–H groups in total. The van der Waals surface area contributed by atoms with Crippen LogP contribution in [0.25, 0.3) is 0 Å². The molecular formula is C14H14FNOS. The maximum atomic E-state index is 12.9. The Morgan fingerprint density at radius 2 is 1.72 bits per heavy atom. The van der Waals surface area contributed by atoms with Gasteiger partial charge < -0.3 is 10.8 Å². The van der Waals surface area contributed by atoms with E-state index >= 15 is 0 Å². The summed E-state index contributed by atoms with van der Waals surface area (Å²) in [5.74, 6) is 0.450. The molecule has 0 aliphatic carbocycles. The summed E-state index contributed by atoms with van der Waals surface area (Å²) in [5.41, 5.74) is 8.24. The minimum absolute atomic E-state index is 0.0539. The Balaban J connectivity index is 2.02. The summed E-state index contributed by atoms with van der Waals surface area (Å²) in [7, 11) is 0. The van der Waals surface area contributed by atoms with Crippen molar-refractivity contribution in [2.24, 2.45) is 0 Å². The Labute approximate surface area is 110 Å². The van der Waals surface area contributed by atoms with E-state index < -0.39 is 0 Å². The Morgan fingerprint density at radius 3 is 2.33 bits per heavy atom. The van der Waals surface area contributed by atoms with Crippen LogP contribution in [-0.4, -0.2) is 5.11 Å². The molecular weight excluding hydrogens is 249 g/mol. The fourth-order valence-corrected chi connectivity index (χ4v) is 2.46. The van der Waals surface area contributed by atoms with Crippen molar-refractivity contribution in [3.8, 4) is 0 Å². The standard InChI is InChI=1S/C14H14FNOS/c15-12-5-6-14(13(16)7-12)18-9-11-3-1-10(8-17)2-4-11/h1-7,17H,8-9,16H2. The first-order valence-corrected chi connectivity index (χ1v) is 6.54. The van der Waals surface area contributed by atoms with Crippen LogP contribution in [0.1, 0.15) is 11.1 Å². The molecule has 0 unspecified atom stereocenters. The molecule has 4 heteroatoms. The normalized spacial score (nSPS) is 10.6. The second kappa shape index (κ2) is 5.89. The summed E-state index contributed by atoms with van der Waals surface area (Å²) in [6.07, 6.45) is 0. The molecule has 0 aromatic heterocycles. The second-order valence-corrected chi connectivity index (χ2v) is 4.96. The highest BCUT2D eigenvalue weighted by molar-refractivity contribution is 7.98. The van der Waals surface area contributed by atoms with Crippen LogP contribution in [-0.2, 0) is 12.4 Å². The van der Waals surface area contributed by atoms with Crippen LogP contribution in [0.3, 0.4) is 0 Å². The van der Waals surface area contributed by atoms with Crippen molar-refractivity contribution in [3.05, 3.63) is 59.4 Å². The highest BCUT2D eigenvalue weighted by Gasteiger charge is 2.02. The Bertz CT molecular complexity index is 528. The number of nitrogens with two attached hydrogens (primary N) is 1. The molecule has 0 spiro atoms. The van der Waals surface area contributed by atoms with Crippen LogP contribution in [0.5, 0.6) is 0 Å². The van der Waals surface area contributed by atoms with Crippen molar-refractivity contribution >= 4 is 17.4 Å². The zero-order valence-corrected chi connectivity index (χ0v) is 10.6. The van der Waals surface area contributed by atoms with E-state index in [4.69, 9.17) is 10.8 Å². The van der Waals surface area contributed by atoms with E-state index in [1.165, 1.54) is 12.1 Å². The molecule has 0 saturated carbocycles. The lowest BCUT2D eigenvalue weighted by atomic mass is 10.2. The van der Waals surface area contributed by atoms with Crippen LogP contribution in [0.2, 0.25) is 0 Å². The molecule has 2 aromatic carbocycles. The summed E-state index contributed by atoms with van der Waals surface area (Å²) in [5, 5.41) is 8.94. The predicted octanol–water partition coefficient (Wildman–Crippen LogP) is 3.19. The minimum atomic E-state index is -0.316. The quantitative estimate of drug-likeness (QED) is 0.658. The predicted molar refractivity (Wildman–Crippen MR) is 72.7 cm³/mol. The molecule has 0 aliphatic rings. The Kier molecular flexibility index (Phi) is 4.23. The first kappa shape index (κ1) is 12.9. The van der Waals surface area contributed by atoms with E-state index in [9.17, 15) is 4.39 Å². The lowest BCUT2D eigenvalue weighted by Crippen LogP contribution is -1.90. The van der Waals surface area contributed by atoms with Gasteiger partial charge in [-0.2, -0.15) is 0 Å². The zero-order chi connectivity index (χ0) is 13.0. The van der Waals surface area contributed by atoms with Gasteiger partial charge in [-0.3, -0.25) is 0 Å². The van der Waals surface area contributed by atoms with E-state index in [2.05, 4.69) is 0 Å². The van der Waals surface area contributed by atoms with Gasteiger partial charge in [0.2, 0.25) is 0 Å². The number of hydrogen-bond acceptors (Lipinski definition) is 3. The minimum Gasteiger partial charge on any atom is -0.398 e. The molecule has 2 rings (SSSR count). The number of aliphatic hydroxyl groups excluding tert-OH is 1. The lowest BCUT2D eigenvalue weighted by Gasteiger charge is -2.06. The molecule has 0 amide bonds. The van der Waals surface area contributed by atoms with Gasteiger partial charge in [-0.15, -0.1) is 11.8 Å². The number of hydrogen-bond donors (Lipinski definition) is 2. The zero-order valence-electron chi connectivity index (χ0n) is 9.77. The summed E-state index contributed by atoms with van der Waals surface area (Å²) >= 11 is 1.57. The third kappa shape index (κ3) is 3.24. The average Bonchev–Trinajstić information content (AvgIpc) is 2.38. The van der Waals surface area contributed by atoms with Gasteiger partial charge in [-0.05, 0) is 29.3 Å². The Hall–Kier alpha value is -1.52. The molecule has 0 radical (unpaired) electrons. The molecule has 2 nitrogen and oxygen atoms in total. The molecule has 0 fully saturated rings. The van der Waals surface area contributed by atoms with Crippen LogP contribution in [0.15, 0.2) is 47.4 Å². The Morgan fingerprint density at radius 1 is 1.06 bits per heavy atom. The van der Waals surface area contributed by atoms with Gasteiger partial charge in [0.1, 0.15) is 5.82 Å². The number of halogens is 1. The summed E-state index contributed by atoms with van der Waals surface area (Å²) < 4.78 is 12.9. The molecule has 0 atom stereocenters. The largest absolute Gasteiger partial charge is 0.398 e. The van der Waals surface area contributed by atoms with Crippen molar-refractivity contribution in [1.82, 2.24) is 0 Å². The fourth-order valence-electron chi connectivity index (χ4n) is 1.55. The van der Waals surface area contributed by atoms with Crippen molar-refractivity contribution in [3.63, 3.8) is 0 Å².